The van der Waals surface area contributed by atoms with Gasteiger partial charge in [-0.3, -0.25) is 4.90 Å². The first-order valence-corrected chi connectivity index (χ1v) is 17.0. The van der Waals surface area contributed by atoms with E-state index in [-0.39, 0.29) is 22.7 Å². The van der Waals surface area contributed by atoms with Crippen molar-refractivity contribution in [2.45, 2.75) is 57.8 Å². The van der Waals surface area contributed by atoms with Gasteiger partial charge in [0, 0.05) is 72.1 Å². The van der Waals surface area contributed by atoms with Crippen molar-refractivity contribution in [2.75, 3.05) is 31.1 Å². The lowest BCUT2D eigenvalue weighted by molar-refractivity contribution is 0.154. The average molecular weight is 640 g/mol. The van der Waals surface area contributed by atoms with Crippen molar-refractivity contribution in [3.8, 4) is 35.2 Å². The van der Waals surface area contributed by atoms with E-state index < -0.39 is 5.82 Å². The number of aromatic nitrogens is 2. The van der Waals surface area contributed by atoms with E-state index >= 15 is 4.39 Å². The molecule has 5 aromatic rings. The van der Waals surface area contributed by atoms with Crippen molar-refractivity contribution in [2.24, 2.45) is 5.41 Å². The average Bonchev–Trinajstić information content (AvgIpc) is 3.59. The molecule has 48 heavy (non-hydrogen) atoms. The molecular formula is C40H38FN5O2. The van der Waals surface area contributed by atoms with Crippen molar-refractivity contribution < 1.29 is 14.2 Å². The second-order valence-electron chi connectivity index (χ2n) is 14.4. The molecule has 0 radical (unpaired) electrons. The van der Waals surface area contributed by atoms with Gasteiger partial charge in [0.25, 0.3) is 0 Å². The zero-order valence-corrected chi connectivity index (χ0v) is 27.1. The first kappa shape index (κ1) is 29.4. The highest BCUT2D eigenvalue weighted by Crippen LogP contribution is 2.48. The van der Waals surface area contributed by atoms with Gasteiger partial charge >= 0.3 is 6.01 Å². The van der Waals surface area contributed by atoms with Crippen LogP contribution in [0.2, 0.25) is 0 Å². The molecule has 2 atom stereocenters. The number of hydrogen-bond acceptors (Lipinski definition) is 7. The van der Waals surface area contributed by atoms with Crippen LogP contribution in [0.4, 0.5) is 10.2 Å². The molecule has 0 amide bonds. The van der Waals surface area contributed by atoms with E-state index in [0.29, 0.717) is 46.6 Å². The van der Waals surface area contributed by atoms with Crippen LogP contribution in [0.15, 0.2) is 60.7 Å². The van der Waals surface area contributed by atoms with Gasteiger partial charge in [-0.1, -0.05) is 42.3 Å². The van der Waals surface area contributed by atoms with Crippen molar-refractivity contribution in [1.29, 1.82) is 0 Å². The summed E-state index contributed by atoms with van der Waals surface area (Å²) in [6, 6.07) is 20.4. The van der Waals surface area contributed by atoms with Gasteiger partial charge in [0.1, 0.15) is 17.1 Å². The Hall–Kier alpha value is -4.71. The van der Waals surface area contributed by atoms with E-state index in [1.807, 2.05) is 31.2 Å². The fraction of sp³-hybridized carbons (Fsp3) is 0.350. The summed E-state index contributed by atoms with van der Waals surface area (Å²) in [5.41, 5.74) is 5.33. The minimum Gasteiger partial charge on any atom is -0.508 e. The number of fused-ring (bicyclic) bond motifs is 5. The minimum atomic E-state index is -0.466. The van der Waals surface area contributed by atoms with Gasteiger partial charge in [-0.15, -0.1) is 6.42 Å². The van der Waals surface area contributed by atoms with Crippen LogP contribution in [0.25, 0.3) is 32.8 Å². The molecule has 242 valence electrons. The van der Waals surface area contributed by atoms with E-state index in [2.05, 4.69) is 45.3 Å². The standard InChI is InChI=1S/C40H38FN5O2/c1-3-25-9-6-10-26-16-31(47)17-32(35(25)26)34-24(2)15-33-37(36(34)41)43-39(44-38(33)46-20-29-11-12-30(21-46)42-29)48-23-40(13-14-40)22-45-18-27-7-4-5-8-28(27)19-45/h1,4-10,15-17,29-30,42,47H,11-14,18-23H2,2H3. The highest BCUT2D eigenvalue weighted by atomic mass is 19.1. The molecule has 4 aliphatic rings. The van der Waals surface area contributed by atoms with E-state index in [4.69, 9.17) is 21.1 Å². The Morgan fingerprint density at radius 3 is 2.48 bits per heavy atom. The Bertz CT molecular complexity index is 2120. The van der Waals surface area contributed by atoms with Gasteiger partial charge in [0.2, 0.25) is 0 Å². The van der Waals surface area contributed by atoms with E-state index in [1.54, 1.807) is 12.1 Å². The second-order valence-corrected chi connectivity index (χ2v) is 14.4. The highest BCUT2D eigenvalue weighted by Gasteiger charge is 2.46. The SMILES string of the molecule is C#Cc1cccc2cc(O)cc(-c3c(C)cc4c(N5CC6CCC(C5)N6)nc(OCC5(CN6Cc7ccccc7C6)CC5)nc4c3F)c12. The maximum Gasteiger partial charge on any atom is 0.319 e. The molecule has 2 bridgehead atoms. The number of terminal acetylenes is 1. The number of ether oxygens (including phenoxy) is 1. The van der Waals surface area contributed by atoms with Crippen LogP contribution >= 0.6 is 0 Å². The smallest absolute Gasteiger partial charge is 0.319 e. The van der Waals surface area contributed by atoms with Crippen LogP contribution in [-0.2, 0) is 13.1 Å². The quantitative estimate of drug-likeness (QED) is 0.192. The van der Waals surface area contributed by atoms with Crippen molar-refractivity contribution in [3.05, 3.63) is 88.7 Å². The normalized spacial score (nSPS) is 21.1. The van der Waals surface area contributed by atoms with Crippen LogP contribution in [0.3, 0.4) is 0 Å². The number of aromatic hydroxyl groups is 1. The molecule has 4 heterocycles. The number of aryl methyl sites for hydroxylation is 1. The topological polar surface area (TPSA) is 73.8 Å². The molecule has 1 aliphatic carbocycles. The van der Waals surface area contributed by atoms with Crippen molar-refractivity contribution >= 4 is 27.5 Å². The minimum absolute atomic E-state index is 0.0394. The number of hydrogen-bond donors (Lipinski definition) is 2. The number of nitrogens with zero attached hydrogens (tertiary/aromatic N) is 4. The number of piperazine rings is 1. The summed E-state index contributed by atoms with van der Waals surface area (Å²) in [5.74, 6) is 3.05. The summed E-state index contributed by atoms with van der Waals surface area (Å²) < 4.78 is 23.6. The summed E-state index contributed by atoms with van der Waals surface area (Å²) in [5, 5.41) is 16.6. The van der Waals surface area contributed by atoms with Gasteiger partial charge in [-0.05, 0) is 84.5 Å². The Kier molecular flexibility index (Phi) is 6.86. The fourth-order valence-electron chi connectivity index (χ4n) is 8.39. The summed E-state index contributed by atoms with van der Waals surface area (Å²) in [4.78, 5) is 14.6. The van der Waals surface area contributed by atoms with Crippen LogP contribution in [0.1, 0.15) is 47.9 Å². The summed E-state index contributed by atoms with van der Waals surface area (Å²) in [6.07, 6.45) is 10.3. The van der Waals surface area contributed by atoms with Gasteiger partial charge in [0.05, 0.1) is 6.61 Å². The largest absolute Gasteiger partial charge is 0.508 e. The maximum absolute atomic E-state index is 17.2. The molecule has 1 saturated carbocycles. The number of halogens is 1. The summed E-state index contributed by atoms with van der Waals surface area (Å²) in [6.45, 7) is 6.84. The fourth-order valence-corrected chi connectivity index (χ4v) is 8.39. The molecule has 3 aliphatic heterocycles. The predicted octanol–water partition coefficient (Wildman–Crippen LogP) is 6.70. The number of anilines is 1. The highest BCUT2D eigenvalue weighted by molar-refractivity contribution is 6.04. The Morgan fingerprint density at radius 2 is 1.77 bits per heavy atom. The van der Waals surface area contributed by atoms with Crippen LogP contribution in [0, 0.1) is 30.5 Å². The first-order chi connectivity index (χ1) is 23.4. The molecule has 8 heteroatoms. The van der Waals surface area contributed by atoms with Gasteiger partial charge < -0.3 is 20.1 Å². The van der Waals surface area contributed by atoms with E-state index in [9.17, 15) is 5.11 Å². The summed E-state index contributed by atoms with van der Waals surface area (Å²) >= 11 is 0. The Labute approximate surface area is 279 Å². The molecule has 7 nitrogen and oxygen atoms in total. The number of benzene rings is 4. The maximum atomic E-state index is 17.2. The molecule has 2 saturated heterocycles. The third-order valence-corrected chi connectivity index (χ3v) is 10.9. The molecule has 1 aromatic heterocycles. The zero-order valence-electron chi connectivity index (χ0n) is 27.1. The van der Waals surface area contributed by atoms with Gasteiger partial charge in [-0.2, -0.15) is 9.97 Å². The van der Waals surface area contributed by atoms with Gasteiger partial charge in [0.15, 0.2) is 5.82 Å². The molecular weight excluding hydrogens is 601 g/mol. The Balaban J connectivity index is 1.12. The zero-order chi connectivity index (χ0) is 32.6. The number of phenolic OH excluding ortho intramolecular Hbond substituents is 1. The lowest BCUT2D eigenvalue weighted by Gasteiger charge is -2.34. The van der Waals surface area contributed by atoms with Crippen LogP contribution in [0.5, 0.6) is 11.8 Å². The number of phenols is 1. The lowest BCUT2D eigenvalue weighted by atomic mass is 9.90. The number of nitrogens with one attached hydrogen (secondary N) is 1. The second kappa shape index (κ2) is 11.2. The van der Waals surface area contributed by atoms with E-state index in [0.717, 1.165) is 74.7 Å². The number of rotatable bonds is 7. The van der Waals surface area contributed by atoms with Crippen molar-refractivity contribution in [3.63, 3.8) is 0 Å². The molecule has 2 N–H and O–H groups in total. The molecule has 2 unspecified atom stereocenters. The predicted molar refractivity (Wildman–Crippen MR) is 187 cm³/mol. The molecule has 9 rings (SSSR count). The lowest BCUT2D eigenvalue weighted by Crippen LogP contribution is -2.51. The molecule has 4 aromatic carbocycles. The molecule has 0 spiro atoms. The third kappa shape index (κ3) is 5.04. The van der Waals surface area contributed by atoms with Crippen LogP contribution < -0.4 is 15.0 Å². The van der Waals surface area contributed by atoms with Crippen LogP contribution in [-0.4, -0.2) is 58.3 Å². The third-order valence-electron chi connectivity index (χ3n) is 10.9. The van der Waals surface area contributed by atoms with E-state index in [1.165, 1.54) is 11.1 Å². The summed E-state index contributed by atoms with van der Waals surface area (Å²) in [7, 11) is 0. The first-order valence-electron chi connectivity index (χ1n) is 17.0. The Morgan fingerprint density at radius 1 is 1.02 bits per heavy atom. The monoisotopic (exact) mass is 639 g/mol. The van der Waals surface area contributed by atoms with Crippen molar-refractivity contribution in [1.82, 2.24) is 20.2 Å². The van der Waals surface area contributed by atoms with Gasteiger partial charge in [-0.25, -0.2) is 4.39 Å². The molecule has 3 fully saturated rings.